The van der Waals surface area contributed by atoms with Crippen LogP contribution in [0.5, 0.6) is 0 Å². The Labute approximate surface area is 147 Å². The second-order valence-corrected chi connectivity index (χ2v) is 5.41. The van der Waals surface area contributed by atoms with Gasteiger partial charge in [0.25, 0.3) is 5.91 Å². The molecule has 0 atom stereocenters. The number of anilines is 1. The van der Waals surface area contributed by atoms with Crippen molar-refractivity contribution in [1.29, 1.82) is 10.5 Å². The van der Waals surface area contributed by atoms with Gasteiger partial charge in [0.1, 0.15) is 23.4 Å². The molecule has 1 heterocycles. The second-order valence-electron chi connectivity index (χ2n) is 5.41. The summed E-state index contributed by atoms with van der Waals surface area (Å²) < 4.78 is 40.6. The van der Waals surface area contributed by atoms with Crippen LogP contribution in [0.4, 0.5) is 18.9 Å². The lowest BCUT2D eigenvalue weighted by Gasteiger charge is -2.13. The minimum Gasteiger partial charge on any atom is -0.339 e. The van der Waals surface area contributed by atoms with Gasteiger partial charge in [-0.25, -0.2) is 0 Å². The Bertz CT molecular complexity index is 972. The number of carbonyl (C=O) groups excluding carboxylic acids is 1. The van der Waals surface area contributed by atoms with Gasteiger partial charge in [0.2, 0.25) is 0 Å². The second kappa shape index (κ2) is 7.16. The molecular formula is C18H13F3N4O. The zero-order chi connectivity index (χ0) is 19.5. The van der Waals surface area contributed by atoms with Crippen LogP contribution >= 0.6 is 0 Å². The molecule has 26 heavy (non-hydrogen) atoms. The van der Waals surface area contributed by atoms with E-state index in [0.717, 1.165) is 12.1 Å². The average molecular weight is 358 g/mol. The van der Waals surface area contributed by atoms with Crippen LogP contribution in [0.2, 0.25) is 0 Å². The maximum Gasteiger partial charge on any atom is 0.418 e. The van der Waals surface area contributed by atoms with Gasteiger partial charge in [-0.15, -0.1) is 0 Å². The highest BCUT2D eigenvalue weighted by Crippen LogP contribution is 2.34. The van der Waals surface area contributed by atoms with E-state index in [2.05, 4.69) is 5.32 Å². The Kier molecular flexibility index (Phi) is 5.18. The molecular weight excluding hydrogens is 345 g/mol. The largest absolute Gasteiger partial charge is 0.418 e. The van der Waals surface area contributed by atoms with Crippen molar-refractivity contribution in [2.45, 2.75) is 13.1 Å². The van der Waals surface area contributed by atoms with E-state index < -0.39 is 23.3 Å². The number of para-hydroxylation sites is 1. The van der Waals surface area contributed by atoms with Gasteiger partial charge >= 0.3 is 6.18 Å². The first-order valence-corrected chi connectivity index (χ1v) is 7.34. The van der Waals surface area contributed by atoms with Crippen molar-refractivity contribution in [1.82, 2.24) is 4.57 Å². The minimum atomic E-state index is -4.64. The number of nitrogens with one attached hydrogen (secondary N) is 1. The molecule has 0 saturated heterocycles. The normalized spacial score (nSPS) is 11.6. The van der Waals surface area contributed by atoms with Crippen LogP contribution < -0.4 is 5.32 Å². The zero-order valence-electron chi connectivity index (χ0n) is 13.8. The van der Waals surface area contributed by atoms with Crippen molar-refractivity contribution in [2.24, 2.45) is 7.05 Å². The number of alkyl halides is 3. The first-order valence-electron chi connectivity index (χ1n) is 7.34. The summed E-state index contributed by atoms with van der Waals surface area (Å²) in [6.07, 6.45) is -3.40. The molecule has 0 aliphatic rings. The Hall–Kier alpha value is -3.52. The fourth-order valence-corrected chi connectivity index (χ4v) is 2.31. The third kappa shape index (κ3) is 3.76. The van der Waals surface area contributed by atoms with Gasteiger partial charge in [0, 0.05) is 12.7 Å². The van der Waals surface area contributed by atoms with Crippen LogP contribution in [-0.4, -0.2) is 10.5 Å². The molecule has 0 saturated carbocycles. The summed E-state index contributed by atoms with van der Waals surface area (Å²) in [5.74, 6) is -0.967. The van der Waals surface area contributed by atoms with E-state index in [1.165, 1.54) is 24.3 Å². The molecule has 1 N–H and O–H groups in total. The first-order chi connectivity index (χ1) is 12.2. The van der Waals surface area contributed by atoms with E-state index in [1.54, 1.807) is 24.6 Å². The van der Waals surface area contributed by atoms with Crippen molar-refractivity contribution < 1.29 is 18.0 Å². The van der Waals surface area contributed by atoms with Crippen molar-refractivity contribution in [2.75, 3.05) is 5.32 Å². The Morgan fingerprint density at radius 2 is 1.92 bits per heavy atom. The molecule has 1 amide bonds. The highest BCUT2D eigenvalue weighted by molar-refractivity contribution is 6.10. The first kappa shape index (κ1) is 18.8. The maximum absolute atomic E-state index is 13.0. The molecule has 1 aromatic heterocycles. The minimum absolute atomic E-state index is 0.328. The summed E-state index contributed by atoms with van der Waals surface area (Å²) in [4.78, 5) is 12.3. The lowest BCUT2D eigenvalue weighted by molar-refractivity contribution is -0.137. The number of benzene rings is 1. The number of nitrogens with zero attached hydrogens (tertiary/aromatic N) is 3. The molecule has 2 aromatic rings. The average Bonchev–Trinajstić information content (AvgIpc) is 2.86. The molecule has 0 aliphatic carbocycles. The van der Waals surface area contributed by atoms with Gasteiger partial charge in [-0.3, -0.25) is 4.79 Å². The van der Waals surface area contributed by atoms with Crippen LogP contribution in [0.25, 0.3) is 6.08 Å². The van der Waals surface area contributed by atoms with E-state index in [1.807, 2.05) is 6.07 Å². The molecule has 0 unspecified atom stereocenters. The summed E-state index contributed by atoms with van der Waals surface area (Å²) in [5, 5.41) is 20.4. The zero-order valence-corrected chi connectivity index (χ0v) is 13.8. The summed E-state index contributed by atoms with van der Waals surface area (Å²) >= 11 is 0. The van der Waals surface area contributed by atoms with E-state index in [9.17, 15) is 23.2 Å². The van der Waals surface area contributed by atoms with Crippen LogP contribution in [0, 0.1) is 29.6 Å². The smallest absolute Gasteiger partial charge is 0.339 e. The molecule has 0 fully saturated rings. The number of halogens is 3. The van der Waals surface area contributed by atoms with Gasteiger partial charge in [-0.1, -0.05) is 12.1 Å². The highest BCUT2D eigenvalue weighted by atomic mass is 19.4. The third-order valence-electron chi connectivity index (χ3n) is 3.83. The number of amides is 1. The van der Waals surface area contributed by atoms with Gasteiger partial charge in [-0.2, -0.15) is 23.7 Å². The fraction of sp³-hybridized carbons (Fsp3) is 0.167. The molecule has 0 spiro atoms. The number of carbonyl (C=O) groups is 1. The molecule has 5 nitrogen and oxygen atoms in total. The van der Waals surface area contributed by atoms with Crippen molar-refractivity contribution in [3.63, 3.8) is 0 Å². The van der Waals surface area contributed by atoms with Gasteiger partial charge in [-0.05, 0) is 36.8 Å². The van der Waals surface area contributed by atoms with Gasteiger partial charge in [0.15, 0.2) is 0 Å². The summed E-state index contributed by atoms with van der Waals surface area (Å²) in [6.45, 7) is 1.69. The standard InChI is InChI=1S/C18H13F3N4O/c1-11-12(8-14(10-23)25(11)2)7-13(9-22)17(26)24-16-6-4-3-5-15(16)18(19,20)21/h3-8H,1-2H3,(H,24,26)/b13-7+. The molecule has 2 rings (SSSR count). The van der Waals surface area contributed by atoms with Crippen LogP contribution in [0.15, 0.2) is 35.9 Å². The lowest BCUT2D eigenvalue weighted by atomic mass is 10.1. The number of hydrogen-bond donors (Lipinski definition) is 1. The monoisotopic (exact) mass is 358 g/mol. The lowest BCUT2D eigenvalue weighted by Crippen LogP contribution is -2.17. The van der Waals surface area contributed by atoms with Gasteiger partial charge < -0.3 is 9.88 Å². The number of nitriles is 2. The number of aromatic nitrogens is 1. The summed E-state index contributed by atoms with van der Waals surface area (Å²) in [5.41, 5.74) is -0.395. The number of hydrogen-bond acceptors (Lipinski definition) is 3. The van der Waals surface area contributed by atoms with E-state index >= 15 is 0 Å². The predicted molar refractivity (Wildman–Crippen MR) is 88.5 cm³/mol. The van der Waals surface area contributed by atoms with E-state index in [0.29, 0.717) is 17.0 Å². The third-order valence-corrected chi connectivity index (χ3v) is 3.83. The van der Waals surface area contributed by atoms with Crippen LogP contribution in [0.3, 0.4) is 0 Å². The molecule has 1 aromatic carbocycles. The Balaban J connectivity index is 2.38. The molecule has 0 bridgehead atoms. The molecule has 0 aliphatic heterocycles. The Morgan fingerprint density at radius 1 is 1.27 bits per heavy atom. The fourth-order valence-electron chi connectivity index (χ4n) is 2.31. The Morgan fingerprint density at radius 3 is 2.46 bits per heavy atom. The van der Waals surface area contributed by atoms with Gasteiger partial charge in [0.05, 0.1) is 11.3 Å². The quantitative estimate of drug-likeness (QED) is 0.670. The predicted octanol–water partition coefficient (Wildman–Crippen LogP) is 3.77. The SMILES string of the molecule is Cc1c(/C=C(\C#N)C(=O)Nc2ccccc2C(F)(F)F)cc(C#N)n1C. The van der Waals surface area contributed by atoms with Crippen LogP contribution in [-0.2, 0) is 18.0 Å². The highest BCUT2D eigenvalue weighted by Gasteiger charge is 2.33. The van der Waals surface area contributed by atoms with E-state index in [-0.39, 0.29) is 5.57 Å². The summed E-state index contributed by atoms with van der Waals surface area (Å²) in [6, 6.07) is 9.63. The van der Waals surface area contributed by atoms with Crippen molar-refractivity contribution >= 4 is 17.7 Å². The van der Waals surface area contributed by atoms with E-state index in [4.69, 9.17) is 5.26 Å². The maximum atomic E-state index is 13.0. The number of rotatable bonds is 3. The van der Waals surface area contributed by atoms with Crippen molar-refractivity contribution in [3.8, 4) is 12.1 Å². The van der Waals surface area contributed by atoms with Crippen molar-refractivity contribution in [3.05, 3.63) is 58.4 Å². The topological polar surface area (TPSA) is 81.6 Å². The van der Waals surface area contributed by atoms with Crippen LogP contribution in [0.1, 0.15) is 22.5 Å². The summed E-state index contributed by atoms with van der Waals surface area (Å²) in [7, 11) is 1.65. The molecule has 8 heteroatoms. The molecule has 132 valence electrons. The molecule has 0 radical (unpaired) electrons.